The van der Waals surface area contributed by atoms with E-state index in [0.29, 0.717) is 14.5 Å². The van der Waals surface area contributed by atoms with E-state index in [4.69, 9.17) is 4.74 Å². The lowest BCUT2D eigenvalue weighted by molar-refractivity contribution is -0.153. The fraction of sp³-hybridized carbons (Fsp3) is 0.611. The van der Waals surface area contributed by atoms with Crippen molar-refractivity contribution in [1.82, 2.24) is 4.98 Å². The zero-order valence-electron chi connectivity index (χ0n) is 15.8. The van der Waals surface area contributed by atoms with Crippen LogP contribution in [0.25, 0.3) is 0 Å². The number of hydrogen-bond acceptors (Lipinski definition) is 5. The molecule has 9 heteroatoms. The molecule has 0 bridgehead atoms. The van der Waals surface area contributed by atoms with E-state index in [2.05, 4.69) is 4.98 Å². The van der Waals surface area contributed by atoms with Crippen LogP contribution >= 0.6 is 8.73 Å². The molecule has 1 saturated carbocycles. The first-order valence-corrected chi connectivity index (χ1v) is 10.2. The molecule has 0 saturated heterocycles. The molecule has 1 heterocycles. The Morgan fingerprint density at radius 2 is 2.07 bits per heavy atom. The third-order valence-electron chi connectivity index (χ3n) is 4.79. The molecule has 3 unspecified atom stereocenters. The van der Waals surface area contributed by atoms with E-state index in [1.54, 1.807) is 18.6 Å². The normalized spacial score (nSPS) is 20.9. The molecule has 1 aromatic heterocycles. The van der Waals surface area contributed by atoms with Crippen LogP contribution in [0.2, 0.25) is 0 Å². The van der Waals surface area contributed by atoms with E-state index < -0.39 is 29.5 Å². The van der Waals surface area contributed by atoms with E-state index in [0.717, 1.165) is 0 Å². The molecule has 3 atom stereocenters. The highest BCUT2D eigenvalue weighted by Gasteiger charge is 2.42. The van der Waals surface area contributed by atoms with Crippen molar-refractivity contribution in [3.05, 3.63) is 22.9 Å². The summed E-state index contributed by atoms with van der Waals surface area (Å²) in [5.41, 5.74) is -0.780. The van der Waals surface area contributed by atoms with Gasteiger partial charge in [-0.05, 0) is 53.7 Å². The maximum atomic E-state index is 13.7. The van der Waals surface area contributed by atoms with Crippen LogP contribution in [0.1, 0.15) is 48.9 Å². The summed E-state index contributed by atoms with van der Waals surface area (Å²) >= 11 is 0. The summed E-state index contributed by atoms with van der Waals surface area (Å²) in [4.78, 5) is 28.5. The molecular weight excluding hydrogens is 380 g/mol. The number of esters is 1. The minimum Gasteiger partial charge on any atom is -0.465 e. The molecule has 1 aromatic rings. The van der Waals surface area contributed by atoms with Gasteiger partial charge in [-0.2, -0.15) is 13.2 Å². The van der Waals surface area contributed by atoms with E-state index in [1.807, 2.05) is 6.66 Å². The zero-order valence-corrected chi connectivity index (χ0v) is 16.8. The number of aryl methyl sites for hydroxylation is 1. The van der Waals surface area contributed by atoms with Crippen LogP contribution in [0.15, 0.2) is 6.07 Å². The highest BCUT2D eigenvalue weighted by atomic mass is 31.1. The van der Waals surface area contributed by atoms with Gasteiger partial charge in [0.25, 0.3) is 0 Å². The molecule has 0 N–H and O–H groups in total. The minimum absolute atomic E-state index is 0.0903. The van der Waals surface area contributed by atoms with Crippen molar-refractivity contribution >= 4 is 26.3 Å². The number of Topliss-reactive ketones (excluding diaryl/α,β-unsaturated/α-hetero) is 1. The van der Waals surface area contributed by atoms with Crippen LogP contribution < -0.4 is 4.67 Å². The average Bonchev–Trinajstić information content (AvgIpc) is 2.59. The van der Waals surface area contributed by atoms with Crippen molar-refractivity contribution in [2.24, 2.45) is 5.92 Å². The molecule has 5 nitrogen and oxygen atoms in total. The molecule has 0 spiro atoms. The van der Waals surface area contributed by atoms with E-state index in [1.165, 1.54) is 13.0 Å². The second kappa shape index (κ2) is 8.55. The summed E-state index contributed by atoms with van der Waals surface area (Å²) in [6.07, 6.45) is -4.23. The van der Waals surface area contributed by atoms with Gasteiger partial charge in [0.15, 0.2) is 0 Å². The number of hydrogen-bond donors (Lipinski definition) is 0. The van der Waals surface area contributed by atoms with Gasteiger partial charge < -0.3 is 9.41 Å². The molecule has 0 amide bonds. The number of anilines is 1. The van der Waals surface area contributed by atoms with Crippen LogP contribution in [-0.4, -0.2) is 37.1 Å². The number of pyridine rings is 1. The van der Waals surface area contributed by atoms with Crippen molar-refractivity contribution in [3.8, 4) is 0 Å². The fourth-order valence-corrected chi connectivity index (χ4v) is 3.72. The topological polar surface area (TPSA) is 59.5 Å². The lowest BCUT2D eigenvalue weighted by Gasteiger charge is -2.29. The van der Waals surface area contributed by atoms with Crippen molar-refractivity contribution in [3.63, 3.8) is 0 Å². The number of carbonyl (C=O) groups excluding carboxylic acids is 2. The molecular formula is C18H24F3N2O3P. The molecule has 1 fully saturated rings. The quantitative estimate of drug-likeness (QED) is 0.420. The van der Waals surface area contributed by atoms with Crippen LogP contribution in [-0.2, 0) is 20.5 Å². The van der Waals surface area contributed by atoms with E-state index >= 15 is 0 Å². The Morgan fingerprint density at radius 3 is 2.59 bits per heavy atom. The number of aromatic nitrogens is 1. The van der Waals surface area contributed by atoms with Crippen LogP contribution in [0, 0.1) is 12.8 Å². The Balaban J connectivity index is 2.41. The SMILES string of the molecule is CCOC(=O)C1CCC(c2nc(N(C)PC)cc(C)c2C(F)(F)F)CC1=O. The molecule has 2 rings (SSSR count). The van der Waals surface area contributed by atoms with Crippen molar-refractivity contribution in [1.29, 1.82) is 0 Å². The number of alkyl halides is 3. The largest absolute Gasteiger partial charge is 0.465 e. The summed E-state index contributed by atoms with van der Waals surface area (Å²) in [6.45, 7) is 5.13. The number of rotatable bonds is 5. The van der Waals surface area contributed by atoms with Gasteiger partial charge in [-0.15, -0.1) is 0 Å². The second-order valence-corrected chi connectivity index (χ2v) is 7.71. The predicted octanol–water partition coefficient (Wildman–Crippen LogP) is 4.08. The summed E-state index contributed by atoms with van der Waals surface area (Å²) in [6, 6.07) is 1.43. The molecule has 1 aliphatic rings. The van der Waals surface area contributed by atoms with Gasteiger partial charge in [-0.1, -0.05) is 0 Å². The number of ketones is 1. The van der Waals surface area contributed by atoms with E-state index in [9.17, 15) is 22.8 Å². The Kier molecular flexibility index (Phi) is 6.84. The maximum absolute atomic E-state index is 13.7. The van der Waals surface area contributed by atoms with Crippen molar-refractivity contribution < 1.29 is 27.5 Å². The number of carbonyl (C=O) groups is 2. The Hall–Kier alpha value is -1.69. The number of ether oxygens (including phenoxy) is 1. The zero-order chi connectivity index (χ0) is 20.4. The summed E-state index contributed by atoms with van der Waals surface area (Å²) in [5, 5.41) is 0. The van der Waals surface area contributed by atoms with Gasteiger partial charge >= 0.3 is 12.1 Å². The monoisotopic (exact) mass is 404 g/mol. The minimum atomic E-state index is -4.56. The summed E-state index contributed by atoms with van der Waals surface area (Å²) < 4.78 is 47.7. The third kappa shape index (κ3) is 4.78. The summed E-state index contributed by atoms with van der Waals surface area (Å²) in [7, 11) is 2.11. The lowest BCUT2D eigenvalue weighted by Crippen LogP contribution is -2.32. The van der Waals surface area contributed by atoms with Crippen LogP contribution in [0.4, 0.5) is 19.0 Å². The first kappa shape index (κ1) is 21.6. The Labute approximate surface area is 158 Å². The van der Waals surface area contributed by atoms with Gasteiger partial charge in [0.2, 0.25) is 0 Å². The smallest absolute Gasteiger partial charge is 0.418 e. The number of nitrogens with zero attached hydrogens (tertiary/aromatic N) is 2. The molecule has 27 heavy (non-hydrogen) atoms. The molecule has 150 valence electrons. The van der Waals surface area contributed by atoms with Gasteiger partial charge in [0.05, 0.1) is 17.9 Å². The Morgan fingerprint density at radius 1 is 1.41 bits per heavy atom. The van der Waals surface area contributed by atoms with Crippen molar-refractivity contribution in [2.45, 2.75) is 45.2 Å². The molecule has 1 aliphatic carbocycles. The lowest BCUT2D eigenvalue weighted by atomic mass is 9.78. The van der Waals surface area contributed by atoms with Gasteiger partial charge in [0, 0.05) is 19.4 Å². The fourth-order valence-electron chi connectivity index (χ4n) is 3.37. The molecule has 0 radical (unpaired) electrons. The van der Waals surface area contributed by atoms with Crippen molar-refractivity contribution in [2.75, 3.05) is 25.0 Å². The highest BCUT2D eigenvalue weighted by Crippen LogP contribution is 2.43. The first-order chi connectivity index (χ1) is 12.6. The van der Waals surface area contributed by atoms with Gasteiger partial charge in [-0.3, -0.25) is 9.59 Å². The Bertz CT molecular complexity index is 725. The highest BCUT2D eigenvalue weighted by molar-refractivity contribution is 7.39. The van der Waals surface area contributed by atoms with Crippen LogP contribution in [0.3, 0.4) is 0 Å². The van der Waals surface area contributed by atoms with Gasteiger partial charge in [0.1, 0.15) is 17.5 Å². The second-order valence-electron chi connectivity index (χ2n) is 6.59. The predicted molar refractivity (Wildman–Crippen MR) is 98.3 cm³/mol. The maximum Gasteiger partial charge on any atom is 0.418 e. The third-order valence-corrected chi connectivity index (χ3v) is 5.69. The van der Waals surface area contributed by atoms with Gasteiger partial charge in [-0.25, -0.2) is 4.98 Å². The first-order valence-electron chi connectivity index (χ1n) is 8.79. The molecule has 0 aliphatic heterocycles. The average molecular weight is 404 g/mol. The summed E-state index contributed by atoms with van der Waals surface area (Å²) in [5.74, 6) is -2.07. The standard InChI is InChI=1S/C18H24F3N2O3P/c1-5-26-17(25)12-7-6-11(9-13(12)24)16-15(18(19,20)21)10(2)8-14(22-16)23(3)27-4/h8,11-12,27H,5-7,9H2,1-4H3. The number of halogens is 3. The van der Waals surface area contributed by atoms with Crippen LogP contribution in [0.5, 0.6) is 0 Å². The molecule has 0 aromatic carbocycles. The van der Waals surface area contributed by atoms with E-state index in [-0.39, 0.29) is 42.9 Å².